The summed E-state index contributed by atoms with van der Waals surface area (Å²) in [7, 11) is 1.70. The SMILES string of the molecule is COCCCC1(CO)CCCN(C(=O)Cc2sc(C)nc2C)C1. The molecule has 2 rings (SSSR count). The summed E-state index contributed by atoms with van der Waals surface area (Å²) in [5.74, 6) is 0.154. The van der Waals surface area contributed by atoms with E-state index in [1.54, 1.807) is 18.4 Å². The van der Waals surface area contributed by atoms with Gasteiger partial charge in [0, 0.05) is 37.1 Å². The summed E-state index contributed by atoms with van der Waals surface area (Å²) in [5.41, 5.74) is 0.803. The van der Waals surface area contributed by atoms with Gasteiger partial charge in [0.15, 0.2) is 0 Å². The minimum Gasteiger partial charge on any atom is -0.396 e. The normalized spacial score (nSPS) is 21.7. The Hall–Kier alpha value is -0.980. The number of aliphatic hydroxyl groups excluding tert-OH is 1. The molecule has 5 nitrogen and oxygen atoms in total. The van der Waals surface area contributed by atoms with Crippen LogP contribution in [-0.4, -0.2) is 54.3 Å². The Balaban J connectivity index is 1.98. The molecular formula is C17H28N2O3S. The molecule has 1 fully saturated rings. The van der Waals surface area contributed by atoms with Crippen molar-refractivity contribution in [3.05, 3.63) is 15.6 Å². The van der Waals surface area contributed by atoms with E-state index in [1.165, 1.54) is 0 Å². The van der Waals surface area contributed by atoms with Gasteiger partial charge in [0.05, 0.1) is 23.7 Å². The van der Waals surface area contributed by atoms with Crippen molar-refractivity contribution < 1.29 is 14.6 Å². The minimum atomic E-state index is -0.162. The van der Waals surface area contributed by atoms with Gasteiger partial charge in [-0.15, -0.1) is 11.3 Å². The van der Waals surface area contributed by atoms with E-state index >= 15 is 0 Å². The Labute approximate surface area is 142 Å². The van der Waals surface area contributed by atoms with Crippen molar-refractivity contribution in [2.45, 2.75) is 46.0 Å². The summed E-state index contributed by atoms with van der Waals surface area (Å²) in [5, 5.41) is 10.9. The van der Waals surface area contributed by atoms with Crippen LogP contribution in [0.1, 0.15) is 41.3 Å². The first kappa shape index (κ1) is 18.4. The average molecular weight is 340 g/mol. The molecule has 1 atom stereocenters. The highest BCUT2D eigenvalue weighted by molar-refractivity contribution is 7.11. The van der Waals surface area contributed by atoms with Gasteiger partial charge in [-0.2, -0.15) is 0 Å². The zero-order valence-corrected chi connectivity index (χ0v) is 15.2. The smallest absolute Gasteiger partial charge is 0.227 e. The second kappa shape index (κ2) is 8.22. The maximum atomic E-state index is 12.7. The van der Waals surface area contributed by atoms with Gasteiger partial charge in [-0.3, -0.25) is 4.79 Å². The molecule has 1 aliphatic heterocycles. The number of piperidine rings is 1. The highest BCUT2D eigenvalue weighted by Gasteiger charge is 2.36. The van der Waals surface area contributed by atoms with Crippen LogP contribution in [0.4, 0.5) is 0 Å². The van der Waals surface area contributed by atoms with Gasteiger partial charge in [0.25, 0.3) is 0 Å². The fourth-order valence-electron chi connectivity index (χ4n) is 3.41. The first-order valence-corrected chi connectivity index (χ1v) is 9.12. The number of amides is 1. The number of carbonyl (C=O) groups is 1. The minimum absolute atomic E-state index is 0.138. The van der Waals surface area contributed by atoms with Crippen LogP contribution >= 0.6 is 11.3 Å². The van der Waals surface area contributed by atoms with Crippen LogP contribution in [-0.2, 0) is 16.0 Å². The lowest BCUT2D eigenvalue weighted by molar-refractivity contribution is -0.135. The van der Waals surface area contributed by atoms with Crippen molar-refractivity contribution >= 4 is 17.2 Å². The summed E-state index contributed by atoms with van der Waals surface area (Å²) in [6, 6.07) is 0. The Morgan fingerprint density at radius 1 is 1.48 bits per heavy atom. The predicted octanol–water partition coefficient (Wildman–Crippen LogP) is 2.33. The van der Waals surface area contributed by atoms with Crippen molar-refractivity contribution in [2.24, 2.45) is 5.41 Å². The Morgan fingerprint density at radius 2 is 2.26 bits per heavy atom. The zero-order chi connectivity index (χ0) is 16.9. The van der Waals surface area contributed by atoms with Crippen molar-refractivity contribution in [1.29, 1.82) is 0 Å². The van der Waals surface area contributed by atoms with Gasteiger partial charge >= 0.3 is 0 Å². The van der Waals surface area contributed by atoms with E-state index in [0.29, 0.717) is 19.6 Å². The molecule has 1 aliphatic rings. The molecule has 130 valence electrons. The number of hydrogen-bond donors (Lipinski definition) is 1. The van der Waals surface area contributed by atoms with E-state index in [2.05, 4.69) is 4.98 Å². The summed E-state index contributed by atoms with van der Waals surface area (Å²) in [6.07, 6.45) is 4.19. The topological polar surface area (TPSA) is 62.7 Å². The van der Waals surface area contributed by atoms with Crippen LogP contribution in [0, 0.1) is 19.3 Å². The number of aryl methyl sites for hydroxylation is 2. The highest BCUT2D eigenvalue weighted by Crippen LogP contribution is 2.34. The molecule has 0 radical (unpaired) electrons. The molecule has 1 aromatic rings. The molecule has 1 amide bonds. The third-order valence-corrected chi connectivity index (χ3v) is 5.79. The molecule has 2 heterocycles. The fourth-order valence-corrected chi connectivity index (χ4v) is 4.34. The van der Waals surface area contributed by atoms with Crippen LogP contribution in [0.3, 0.4) is 0 Å². The van der Waals surface area contributed by atoms with E-state index in [9.17, 15) is 9.90 Å². The standard InChI is InChI=1S/C17H28N2O3S/c1-13-15(23-14(2)18-13)10-16(21)19-8-4-6-17(11-19,12-20)7-5-9-22-3/h20H,4-12H2,1-3H3. The number of aliphatic hydroxyl groups is 1. The number of nitrogens with zero attached hydrogens (tertiary/aromatic N) is 2. The Morgan fingerprint density at radius 3 is 2.87 bits per heavy atom. The molecule has 23 heavy (non-hydrogen) atoms. The van der Waals surface area contributed by atoms with Crippen LogP contribution in [0.5, 0.6) is 0 Å². The van der Waals surface area contributed by atoms with Crippen LogP contribution in [0.2, 0.25) is 0 Å². The number of ether oxygens (including phenoxy) is 1. The van der Waals surface area contributed by atoms with Crippen molar-refractivity contribution in [1.82, 2.24) is 9.88 Å². The number of aromatic nitrogens is 1. The molecule has 0 saturated carbocycles. The average Bonchev–Trinajstić information content (AvgIpc) is 2.85. The largest absolute Gasteiger partial charge is 0.396 e. The van der Waals surface area contributed by atoms with Crippen LogP contribution in [0.25, 0.3) is 0 Å². The van der Waals surface area contributed by atoms with Crippen molar-refractivity contribution in [2.75, 3.05) is 33.4 Å². The number of hydrogen-bond acceptors (Lipinski definition) is 5. The van der Waals surface area contributed by atoms with Gasteiger partial charge in [0.1, 0.15) is 0 Å². The second-order valence-electron chi connectivity index (χ2n) is 6.59. The first-order chi connectivity index (χ1) is 11.0. The lowest BCUT2D eigenvalue weighted by Gasteiger charge is -2.42. The van der Waals surface area contributed by atoms with Gasteiger partial charge in [0.2, 0.25) is 5.91 Å². The summed E-state index contributed by atoms with van der Waals surface area (Å²) < 4.78 is 5.12. The third-order valence-electron chi connectivity index (χ3n) is 4.72. The number of likely N-dealkylation sites (tertiary alicyclic amines) is 1. The van der Waals surface area contributed by atoms with Gasteiger partial charge in [-0.1, -0.05) is 0 Å². The predicted molar refractivity (Wildman–Crippen MR) is 91.7 cm³/mol. The van der Waals surface area contributed by atoms with Gasteiger partial charge in [-0.25, -0.2) is 4.98 Å². The molecule has 1 N–H and O–H groups in total. The number of rotatable bonds is 7. The fraction of sp³-hybridized carbons (Fsp3) is 0.765. The number of thiazole rings is 1. The van der Waals surface area contributed by atoms with Crippen molar-refractivity contribution in [3.8, 4) is 0 Å². The van der Waals surface area contributed by atoms with Gasteiger partial charge in [-0.05, 0) is 39.5 Å². The molecular weight excluding hydrogens is 312 g/mol. The molecule has 6 heteroatoms. The second-order valence-corrected chi connectivity index (χ2v) is 7.88. The Kier molecular flexibility index (Phi) is 6.56. The van der Waals surface area contributed by atoms with Crippen molar-refractivity contribution in [3.63, 3.8) is 0 Å². The van der Waals surface area contributed by atoms with E-state index in [0.717, 1.165) is 47.8 Å². The van der Waals surface area contributed by atoms with E-state index in [4.69, 9.17) is 4.74 Å². The number of methoxy groups -OCH3 is 1. The highest BCUT2D eigenvalue weighted by atomic mass is 32.1. The summed E-state index contributed by atoms with van der Waals surface area (Å²) >= 11 is 1.60. The van der Waals surface area contributed by atoms with E-state index in [1.807, 2.05) is 18.7 Å². The molecule has 1 saturated heterocycles. The number of carbonyl (C=O) groups excluding carboxylic acids is 1. The third kappa shape index (κ3) is 4.75. The quantitative estimate of drug-likeness (QED) is 0.774. The molecule has 0 bridgehead atoms. The zero-order valence-electron chi connectivity index (χ0n) is 14.4. The summed E-state index contributed by atoms with van der Waals surface area (Å²) in [6.45, 7) is 6.23. The molecule has 1 unspecified atom stereocenters. The first-order valence-electron chi connectivity index (χ1n) is 8.30. The molecule has 1 aromatic heterocycles. The molecule has 0 aliphatic carbocycles. The monoisotopic (exact) mass is 340 g/mol. The van der Waals surface area contributed by atoms with E-state index < -0.39 is 0 Å². The van der Waals surface area contributed by atoms with E-state index in [-0.39, 0.29) is 17.9 Å². The maximum absolute atomic E-state index is 12.7. The molecule has 0 aromatic carbocycles. The van der Waals surface area contributed by atoms with Crippen LogP contribution < -0.4 is 0 Å². The van der Waals surface area contributed by atoms with Crippen LogP contribution in [0.15, 0.2) is 0 Å². The van der Waals surface area contributed by atoms with Gasteiger partial charge < -0.3 is 14.7 Å². The lowest BCUT2D eigenvalue weighted by atomic mass is 9.77. The Bertz CT molecular complexity index is 532. The maximum Gasteiger partial charge on any atom is 0.227 e. The lowest BCUT2D eigenvalue weighted by Crippen LogP contribution is -2.48. The summed E-state index contributed by atoms with van der Waals surface area (Å²) in [4.78, 5) is 20.1. The molecule has 0 spiro atoms.